The van der Waals surface area contributed by atoms with Crippen LogP contribution >= 0.6 is 56.8 Å². The number of hydrogen-bond donors (Lipinski definition) is 1. The minimum Gasteiger partial charge on any atom is -0.487 e. The number of esters is 1. The normalized spacial score (nSPS) is 16.5. The second-order valence-corrected chi connectivity index (χ2v) is 11.2. The van der Waals surface area contributed by atoms with Gasteiger partial charge in [-0.25, -0.2) is 4.79 Å². The van der Waals surface area contributed by atoms with Crippen LogP contribution in [-0.2, 0) is 16.1 Å². The Balaban J connectivity index is 1.57. The Kier molecular flexibility index (Phi) is 7.15. The van der Waals surface area contributed by atoms with E-state index in [2.05, 4.69) is 50.5 Å². The monoisotopic (exact) mass is 723 g/mol. The Morgan fingerprint density at radius 1 is 1.03 bits per heavy atom. The van der Waals surface area contributed by atoms with Crippen molar-refractivity contribution in [1.82, 2.24) is 5.32 Å². The molecule has 36 heavy (non-hydrogen) atoms. The number of ether oxygens (including phenoxy) is 2. The van der Waals surface area contributed by atoms with Gasteiger partial charge in [0.1, 0.15) is 12.4 Å². The summed E-state index contributed by atoms with van der Waals surface area (Å²) in [7, 11) is 1.36. The lowest BCUT2D eigenvalue weighted by Crippen LogP contribution is -2.29. The van der Waals surface area contributed by atoms with Gasteiger partial charge < -0.3 is 14.8 Å². The SMILES string of the molecule is COC(=O)C1=C(C)NC2=C(C(=O)c3ccccc32)[C@H]1c1cc(I)c(OCc2ccc(Cl)cc2)c(I)c1. The van der Waals surface area contributed by atoms with E-state index in [0.717, 1.165) is 35.3 Å². The van der Waals surface area contributed by atoms with Crippen molar-refractivity contribution in [3.63, 3.8) is 0 Å². The zero-order valence-electron chi connectivity index (χ0n) is 19.3. The highest BCUT2D eigenvalue weighted by Crippen LogP contribution is 2.48. The number of nitrogens with one attached hydrogen (secondary N) is 1. The van der Waals surface area contributed by atoms with E-state index in [4.69, 9.17) is 21.1 Å². The van der Waals surface area contributed by atoms with Gasteiger partial charge in [0.15, 0.2) is 5.78 Å². The van der Waals surface area contributed by atoms with Crippen LogP contribution in [-0.4, -0.2) is 18.9 Å². The summed E-state index contributed by atoms with van der Waals surface area (Å²) in [6.45, 7) is 2.24. The van der Waals surface area contributed by atoms with E-state index in [1.165, 1.54) is 7.11 Å². The molecule has 0 bridgehead atoms. The topological polar surface area (TPSA) is 64.6 Å². The lowest BCUT2D eigenvalue weighted by molar-refractivity contribution is -0.136. The molecule has 0 amide bonds. The summed E-state index contributed by atoms with van der Waals surface area (Å²) in [5, 5.41) is 3.99. The van der Waals surface area contributed by atoms with Crippen molar-refractivity contribution in [2.24, 2.45) is 0 Å². The second-order valence-electron chi connectivity index (χ2n) is 8.48. The van der Waals surface area contributed by atoms with E-state index < -0.39 is 11.9 Å². The lowest BCUT2D eigenvalue weighted by Gasteiger charge is -2.29. The van der Waals surface area contributed by atoms with Crippen LogP contribution in [0.15, 0.2) is 77.5 Å². The molecule has 1 aliphatic carbocycles. The first-order chi connectivity index (χ1) is 17.3. The van der Waals surface area contributed by atoms with Gasteiger partial charge in [-0.3, -0.25) is 4.79 Å². The molecule has 0 saturated heterocycles. The van der Waals surface area contributed by atoms with E-state index in [-0.39, 0.29) is 5.78 Å². The van der Waals surface area contributed by atoms with Crippen LogP contribution in [0.3, 0.4) is 0 Å². The van der Waals surface area contributed by atoms with Gasteiger partial charge in [0.2, 0.25) is 0 Å². The van der Waals surface area contributed by atoms with Crippen LogP contribution in [0.25, 0.3) is 5.70 Å². The van der Waals surface area contributed by atoms with Crippen LogP contribution in [0.5, 0.6) is 5.75 Å². The highest BCUT2D eigenvalue weighted by Gasteiger charge is 2.43. The zero-order valence-corrected chi connectivity index (χ0v) is 24.4. The first kappa shape index (κ1) is 25.3. The number of dihydropyridines is 1. The van der Waals surface area contributed by atoms with Crippen LogP contribution < -0.4 is 10.1 Å². The van der Waals surface area contributed by atoms with Gasteiger partial charge in [-0.15, -0.1) is 0 Å². The Morgan fingerprint density at radius 2 is 1.67 bits per heavy atom. The van der Waals surface area contributed by atoms with Crippen LogP contribution in [0.2, 0.25) is 5.02 Å². The largest absolute Gasteiger partial charge is 0.487 e. The standard InChI is InChI=1S/C28H20ClI2NO4/c1-14-22(28(34)35-2)23(24-25(32-14)18-5-3-4-6-19(18)26(24)33)16-11-20(30)27(21(31)12-16)36-13-15-7-9-17(29)10-8-15/h3-12,23,32H,13H2,1-2H3/t23-/m0/s1. The molecule has 1 aliphatic heterocycles. The molecule has 5 nitrogen and oxygen atoms in total. The number of Topliss-reactive ketones (excluding diaryl/α,β-unsaturated/α-hetero) is 1. The molecule has 5 rings (SSSR count). The third kappa shape index (κ3) is 4.45. The summed E-state index contributed by atoms with van der Waals surface area (Å²) in [6, 6.07) is 19.0. The number of carbonyl (C=O) groups excluding carboxylic acids is 2. The number of methoxy groups -OCH3 is 1. The van der Waals surface area contributed by atoms with Crippen molar-refractivity contribution in [2.75, 3.05) is 7.11 Å². The Morgan fingerprint density at radius 3 is 2.31 bits per heavy atom. The molecular formula is C28H20ClI2NO4. The smallest absolute Gasteiger partial charge is 0.336 e. The predicted octanol–water partition coefficient (Wildman–Crippen LogP) is 6.87. The van der Waals surface area contributed by atoms with Gasteiger partial charge in [-0.2, -0.15) is 0 Å². The van der Waals surface area contributed by atoms with Gasteiger partial charge in [0, 0.05) is 33.3 Å². The first-order valence-corrected chi connectivity index (χ1v) is 13.6. The average Bonchev–Trinajstić information content (AvgIpc) is 3.14. The van der Waals surface area contributed by atoms with Crippen molar-refractivity contribution in [2.45, 2.75) is 19.4 Å². The third-order valence-electron chi connectivity index (χ3n) is 6.30. The van der Waals surface area contributed by atoms with Gasteiger partial charge in [0.05, 0.1) is 25.5 Å². The molecule has 1 atom stereocenters. The number of allylic oxidation sites excluding steroid dienone is 2. The number of rotatable bonds is 5. The quantitative estimate of drug-likeness (QED) is 0.230. The molecule has 0 radical (unpaired) electrons. The molecule has 0 fully saturated rings. The molecule has 1 heterocycles. The average molecular weight is 724 g/mol. The summed E-state index contributed by atoms with van der Waals surface area (Å²) in [5.74, 6) is -0.367. The summed E-state index contributed by atoms with van der Waals surface area (Å²) < 4.78 is 13.1. The van der Waals surface area contributed by atoms with Crippen molar-refractivity contribution in [3.05, 3.63) is 112 Å². The molecule has 0 aromatic heterocycles. The van der Waals surface area contributed by atoms with Crippen molar-refractivity contribution >= 4 is 74.2 Å². The molecule has 3 aromatic rings. The van der Waals surface area contributed by atoms with Crippen molar-refractivity contribution in [3.8, 4) is 5.75 Å². The van der Waals surface area contributed by atoms with E-state index in [0.29, 0.717) is 34.0 Å². The van der Waals surface area contributed by atoms with Gasteiger partial charge in [-0.05, 0) is 87.5 Å². The molecule has 2 aliphatic rings. The fourth-order valence-corrected chi connectivity index (χ4v) is 6.92. The zero-order chi connectivity index (χ0) is 25.6. The van der Waals surface area contributed by atoms with Gasteiger partial charge in [-0.1, -0.05) is 48.0 Å². The molecular weight excluding hydrogens is 704 g/mol. The highest BCUT2D eigenvalue weighted by molar-refractivity contribution is 14.1. The number of hydrogen-bond acceptors (Lipinski definition) is 5. The number of ketones is 1. The molecule has 182 valence electrons. The van der Waals surface area contributed by atoms with Gasteiger partial charge >= 0.3 is 5.97 Å². The minimum absolute atomic E-state index is 0.0833. The van der Waals surface area contributed by atoms with Crippen LogP contribution in [0.4, 0.5) is 0 Å². The molecule has 0 spiro atoms. The van der Waals surface area contributed by atoms with Crippen LogP contribution in [0.1, 0.15) is 39.9 Å². The number of benzene rings is 3. The summed E-state index contributed by atoms with van der Waals surface area (Å²) >= 11 is 10.5. The van der Waals surface area contributed by atoms with E-state index in [1.54, 1.807) is 0 Å². The Bertz CT molecular complexity index is 1450. The molecule has 8 heteroatoms. The maximum Gasteiger partial charge on any atom is 0.336 e. The molecule has 0 saturated carbocycles. The highest BCUT2D eigenvalue weighted by atomic mass is 127. The molecule has 3 aromatic carbocycles. The maximum atomic E-state index is 13.6. The van der Waals surface area contributed by atoms with E-state index in [9.17, 15) is 9.59 Å². The summed E-state index contributed by atoms with van der Waals surface area (Å²) in [4.78, 5) is 26.5. The third-order valence-corrected chi connectivity index (χ3v) is 8.16. The molecule has 0 unspecified atom stereocenters. The first-order valence-electron chi connectivity index (χ1n) is 11.1. The number of carbonyl (C=O) groups is 2. The van der Waals surface area contributed by atoms with E-state index in [1.807, 2.05) is 67.6 Å². The number of fused-ring (bicyclic) bond motifs is 2. The van der Waals surface area contributed by atoms with Crippen molar-refractivity contribution < 1.29 is 19.1 Å². The minimum atomic E-state index is -0.569. The van der Waals surface area contributed by atoms with E-state index >= 15 is 0 Å². The predicted molar refractivity (Wildman–Crippen MR) is 156 cm³/mol. The summed E-state index contributed by atoms with van der Waals surface area (Å²) in [5.41, 5.74) is 5.72. The maximum absolute atomic E-state index is 13.6. The fourth-order valence-electron chi connectivity index (χ4n) is 4.66. The van der Waals surface area contributed by atoms with Crippen LogP contribution in [0, 0.1) is 7.14 Å². The Labute approximate surface area is 241 Å². The molecule has 1 N–H and O–H groups in total. The Hall–Kier alpha value is -2.37. The van der Waals surface area contributed by atoms with Crippen molar-refractivity contribution in [1.29, 1.82) is 0 Å². The second kappa shape index (κ2) is 10.2. The lowest BCUT2D eigenvalue weighted by atomic mass is 9.80. The summed E-state index contributed by atoms with van der Waals surface area (Å²) in [6.07, 6.45) is 0. The van der Waals surface area contributed by atoms with Gasteiger partial charge in [0.25, 0.3) is 0 Å². The fraction of sp³-hybridized carbons (Fsp3) is 0.143. The number of halogens is 3.